The highest BCUT2D eigenvalue weighted by Crippen LogP contribution is 2.15. The van der Waals surface area contributed by atoms with Gasteiger partial charge in [-0.1, -0.05) is 6.07 Å². The van der Waals surface area contributed by atoms with Gasteiger partial charge in [0, 0.05) is 12.7 Å². The average molecular weight is 176 g/mol. The topological polar surface area (TPSA) is 63.3 Å². The number of rotatable bonds is 1. The Morgan fingerprint density at radius 2 is 2.38 bits per heavy atom. The van der Waals surface area contributed by atoms with Crippen molar-refractivity contribution in [3.63, 3.8) is 0 Å². The molecule has 0 saturated carbocycles. The normalized spacial score (nSPS) is 21.8. The zero-order chi connectivity index (χ0) is 9.10. The van der Waals surface area contributed by atoms with Crippen molar-refractivity contribution in [1.82, 2.24) is 10.3 Å². The second-order valence-corrected chi connectivity index (χ2v) is 3.01. The molecule has 0 fully saturated rings. The van der Waals surface area contributed by atoms with Gasteiger partial charge < -0.3 is 11.1 Å². The molecule has 0 bridgehead atoms. The molecule has 1 aliphatic rings. The van der Waals surface area contributed by atoms with Crippen LogP contribution in [0.2, 0.25) is 0 Å². The van der Waals surface area contributed by atoms with Gasteiger partial charge >= 0.3 is 0 Å². The minimum atomic E-state index is 0.221. The zero-order valence-corrected chi connectivity index (χ0v) is 7.27. The molecule has 1 aromatic heterocycles. The molecule has 3 N–H and O–H groups in total. The molecule has 13 heavy (non-hydrogen) atoms. The van der Waals surface area contributed by atoms with Gasteiger partial charge in [-0.25, -0.2) is 0 Å². The van der Waals surface area contributed by atoms with E-state index in [-0.39, 0.29) is 6.04 Å². The van der Waals surface area contributed by atoms with E-state index in [1.807, 2.05) is 18.2 Å². The minimum absolute atomic E-state index is 0.221. The fourth-order valence-corrected chi connectivity index (χ4v) is 1.41. The van der Waals surface area contributed by atoms with Crippen molar-refractivity contribution in [3.8, 4) is 0 Å². The van der Waals surface area contributed by atoms with Gasteiger partial charge in [-0.05, 0) is 18.6 Å². The summed E-state index contributed by atoms with van der Waals surface area (Å²) >= 11 is 0. The maximum atomic E-state index is 5.57. The highest BCUT2D eigenvalue weighted by molar-refractivity contribution is 5.78. The van der Waals surface area contributed by atoms with Crippen LogP contribution in [0.4, 0.5) is 0 Å². The van der Waals surface area contributed by atoms with Gasteiger partial charge in [-0.2, -0.15) is 0 Å². The van der Waals surface area contributed by atoms with E-state index in [0.29, 0.717) is 5.96 Å². The highest BCUT2D eigenvalue weighted by atomic mass is 15.1. The Morgan fingerprint density at radius 3 is 3.08 bits per heavy atom. The molecule has 1 aromatic rings. The van der Waals surface area contributed by atoms with Crippen molar-refractivity contribution >= 4 is 5.96 Å². The molecule has 0 saturated heterocycles. The van der Waals surface area contributed by atoms with Crippen molar-refractivity contribution in [3.05, 3.63) is 30.1 Å². The van der Waals surface area contributed by atoms with Crippen LogP contribution in [0, 0.1) is 0 Å². The third-order valence-corrected chi connectivity index (χ3v) is 2.07. The van der Waals surface area contributed by atoms with E-state index in [9.17, 15) is 0 Å². The summed E-state index contributed by atoms with van der Waals surface area (Å²) in [6, 6.07) is 6.10. The molecule has 4 nitrogen and oxygen atoms in total. The zero-order valence-electron chi connectivity index (χ0n) is 7.27. The van der Waals surface area contributed by atoms with E-state index >= 15 is 0 Å². The molecule has 2 heterocycles. The van der Waals surface area contributed by atoms with Crippen LogP contribution < -0.4 is 11.1 Å². The number of nitrogens with two attached hydrogens (primary N) is 1. The molecule has 1 aliphatic heterocycles. The van der Waals surface area contributed by atoms with Crippen LogP contribution in [0.3, 0.4) is 0 Å². The van der Waals surface area contributed by atoms with Crippen molar-refractivity contribution < 1.29 is 0 Å². The maximum Gasteiger partial charge on any atom is 0.189 e. The first-order valence-electron chi connectivity index (χ1n) is 4.33. The number of aromatic nitrogens is 1. The van der Waals surface area contributed by atoms with E-state index in [1.54, 1.807) is 6.20 Å². The van der Waals surface area contributed by atoms with Gasteiger partial charge in [0.25, 0.3) is 0 Å². The van der Waals surface area contributed by atoms with E-state index in [0.717, 1.165) is 18.7 Å². The molecule has 0 aliphatic carbocycles. The molecule has 0 radical (unpaired) electrons. The molecule has 1 unspecified atom stereocenters. The summed E-state index contributed by atoms with van der Waals surface area (Å²) in [5.74, 6) is 0.516. The monoisotopic (exact) mass is 176 g/mol. The first-order chi connectivity index (χ1) is 6.36. The van der Waals surface area contributed by atoms with Crippen molar-refractivity contribution in [1.29, 1.82) is 0 Å². The first-order valence-corrected chi connectivity index (χ1v) is 4.33. The van der Waals surface area contributed by atoms with E-state index in [1.165, 1.54) is 0 Å². The summed E-state index contributed by atoms with van der Waals surface area (Å²) in [6.45, 7) is 0.778. The lowest BCUT2D eigenvalue weighted by molar-refractivity contribution is 0.555. The molecular weight excluding hydrogens is 164 g/mol. The predicted molar refractivity (Wildman–Crippen MR) is 51.2 cm³/mol. The fraction of sp³-hybridized carbons (Fsp3) is 0.333. The summed E-state index contributed by atoms with van der Waals surface area (Å²) < 4.78 is 0. The molecule has 68 valence electrons. The molecule has 0 amide bonds. The van der Waals surface area contributed by atoms with E-state index < -0.39 is 0 Å². The van der Waals surface area contributed by atoms with Crippen molar-refractivity contribution in [2.24, 2.45) is 10.7 Å². The van der Waals surface area contributed by atoms with Crippen molar-refractivity contribution in [2.75, 3.05) is 6.54 Å². The Bertz CT molecular complexity index is 307. The van der Waals surface area contributed by atoms with Crippen LogP contribution in [-0.2, 0) is 0 Å². The quantitative estimate of drug-likeness (QED) is 0.652. The Kier molecular flexibility index (Phi) is 2.12. The van der Waals surface area contributed by atoms with Crippen LogP contribution in [0.1, 0.15) is 18.2 Å². The maximum absolute atomic E-state index is 5.57. The summed E-state index contributed by atoms with van der Waals surface area (Å²) in [5.41, 5.74) is 6.60. The Balaban J connectivity index is 2.15. The second kappa shape index (κ2) is 3.43. The Labute approximate surface area is 76.9 Å². The van der Waals surface area contributed by atoms with E-state index in [4.69, 9.17) is 5.73 Å². The molecule has 1 atom stereocenters. The third kappa shape index (κ3) is 1.77. The Hall–Kier alpha value is -1.58. The SMILES string of the molecule is NC1=NCCC(c2ccccn2)N1. The predicted octanol–water partition coefficient (Wildman–Crippen LogP) is 0.431. The van der Waals surface area contributed by atoms with Gasteiger partial charge in [0.1, 0.15) is 0 Å². The first kappa shape index (κ1) is 8.04. The van der Waals surface area contributed by atoms with Crippen molar-refractivity contribution in [2.45, 2.75) is 12.5 Å². The fourth-order valence-electron chi connectivity index (χ4n) is 1.41. The number of nitrogens with zero attached hydrogens (tertiary/aromatic N) is 2. The summed E-state index contributed by atoms with van der Waals surface area (Å²) in [6.07, 6.45) is 2.75. The number of pyridine rings is 1. The number of hydrogen-bond acceptors (Lipinski definition) is 4. The van der Waals surface area contributed by atoms with Gasteiger partial charge in [0.2, 0.25) is 0 Å². The molecule has 0 aromatic carbocycles. The average Bonchev–Trinajstić information content (AvgIpc) is 2.19. The van der Waals surface area contributed by atoms with Crippen LogP contribution >= 0.6 is 0 Å². The smallest absolute Gasteiger partial charge is 0.189 e. The van der Waals surface area contributed by atoms with Gasteiger partial charge in [0.05, 0.1) is 11.7 Å². The molecular formula is C9H12N4. The lowest BCUT2D eigenvalue weighted by Crippen LogP contribution is -2.38. The van der Waals surface area contributed by atoms with Crippen LogP contribution in [0.25, 0.3) is 0 Å². The largest absolute Gasteiger partial charge is 0.370 e. The lowest BCUT2D eigenvalue weighted by Gasteiger charge is -2.21. The van der Waals surface area contributed by atoms with E-state index in [2.05, 4.69) is 15.3 Å². The molecule has 4 heteroatoms. The number of hydrogen-bond donors (Lipinski definition) is 2. The molecule has 2 rings (SSSR count). The summed E-state index contributed by atoms with van der Waals surface area (Å²) in [7, 11) is 0. The number of guanidine groups is 1. The second-order valence-electron chi connectivity index (χ2n) is 3.01. The summed E-state index contributed by atoms with van der Waals surface area (Å²) in [5, 5.41) is 3.10. The lowest BCUT2D eigenvalue weighted by atomic mass is 10.1. The standard InChI is InChI=1S/C9H12N4/c10-9-12-6-4-8(13-9)7-3-1-2-5-11-7/h1-3,5,8H,4,6H2,(H3,10,12,13). The Morgan fingerprint density at radius 1 is 1.46 bits per heavy atom. The van der Waals surface area contributed by atoms with Gasteiger partial charge in [-0.15, -0.1) is 0 Å². The van der Waals surface area contributed by atoms with Gasteiger partial charge in [0.15, 0.2) is 5.96 Å². The summed E-state index contributed by atoms with van der Waals surface area (Å²) in [4.78, 5) is 8.32. The molecule has 0 spiro atoms. The number of nitrogens with one attached hydrogen (secondary N) is 1. The van der Waals surface area contributed by atoms with Gasteiger partial charge in [-0.3, -0.25) is 9.98 Å². The minimum Gasteiger partial charge on any atom is -0.370 e. The highest BCUT2D eigenvalue weighted by Gasteiger charge is 2.15. The number of aliphatic imine (C=N–C) groups is 1. The van der Waals surface area contributed by atoms with Crippen LogP contribution in [-0.4, -0.2) is 17.5 Å². The third-order valence-electron chi connectivity index (χ3n) is 2.07. The van der Waals surface area contributed by atoms with Crippen LogP contribution in [0.5, 0.6) is 0 Å². The van der Waals surface area contributed by atoms with Crippen LogP contribution in [0.15, 0.2) is 29.4 Å².